The van der Waals surface area contributed by atoms with Gasteiger partial charge in [-0.3, -0.25) is 0 Å². The van der Waals surface area contributed by atoms with Crippen LogP contribution in [-0.4, -0.2) is 56.5 Å². The monoisotopic (exact) mass is 361 g/mol. The van der Waals surface area contributed by atoms with Gasteiger partial charge in [0.05, 0.1) is 10.0 Å². The normalized spacial score (nSPS) is 15.0. The molecular formula is C15H21Cl2N3OS. The van der Waals surface area contributed by atoms with Gasteiger partial charge in [-0.2, -0.15) is 0 Å². The van der Waals surface area contributed by atoms with Crippen molar-refractivity contribution in [3.8, 4) is 0 Å². The fourth-order valence-electron chi connectivity index (χ4n) is 2.37. The molecule has 0 amide bonds. The minimum absolute atomic E-state index is 0.588. The van der Waals surface area contributed by atoms with Crippen molar-refractivity contribution in [1.29, 1.82) is 0 Å². The highest BCUT2D eigenvalue weighted by Gasteiger charge is 2.19. The molecule has 0 aromatic heterocycles. The Morgan fingerprint density at radius 1 is 1.23 bits per heavy atom. The number of nitrogens with zero attached hydrogens (tertiary/aromatic N) is 2. The van der Waals surface area contributed by atoms with Crippen molar-refractivity contribution < 1.29 is 4.74 Å². The molecule has 0 unspecified atom stereocenters. The molecule has 0 saturated carbocycles. The lowest BCUT2D eigenvalue weighted by Gasteiger charge is -2.37. The van der Waals surface area contributed by atoms with Crippen molar-refractivity contribution in [2.45, 2.75) is 6.42 Å². The number of benzene rings is 1. The second-order valence-corrected chi connectivity index (χ2v) is 6.35. The summed E-state index contributed by atoms with van der Waals surface area (Å²) in [5, 5.41) is 5.29. The molecule has 0 bridgehead atoms. The van der Waals surface area contributed by atoms with Crippen LogP contribution in [0.1, 0.15) is 6.42 Å². The first-order chi connectivity index (χ1) is 10.6. The summed E-state index contributed by atoms with van der Waals surface area (Å²) in [6.45, 7) is 5.23. The van der Waals surface area contributed by atoms with Crippen molar-refractivity contribution in [3.05, 3.63) is 28.2 Å². The van der Waals surface area contributed by atoms with E-state index >= 15 is 0 Å². The largest absolute Gasteiger partial charge is 0.385 e. The highest BCUT2D eigenvalue weighted by atomic mass is 35.5. The van der Waals surface area contributed by atoms with E-state index in [2.05, 4.69) is 15.1 Å². The summed E-state index contributed by atoms with van der Waals surface area (Å²) in [7, 11) is 1.71. The average molecular weight is 362 g/mol. The van der Waals surface area contributed by atoms with E-state index in [4.69, 9.17) is 40.2 Å². The van der Waals surface area contributed by atoms with Crippen LogP contribution in [0.2, 0.25) is 10.0 Å². The van der Waals surface area contributed by atoms with E-state index in [-0.39, 0.29) is 0 Å². The van der Waals surface area contributed by atoms with Crippen LogP contribution in [0.3, 0.4) is 0 Å². The van der Waals surface area contributed by atoms with Crippen LogP contribution < -0.4 is 10.2 Å². The first-order valence-electron chi connectivity index (χ1n) is 7.33. The van der Waals surface area contributed by atoms with Crippen molar-refractivity contribution in [2.24, 2.45) is 0 Å². The number of rotatable bonds is 5. The lowest BCUT2D eigenvalue weighted by Crippen LogP contribution is -2.51. The molecule has 1 aromatic rings. The predicted octanol–water partition coefficient (Wildman–Crippen LogP) is 3.03. The Hall–Kier alpha value is -0.750. The summed E-state index contributed by atoms with van der Waals surface area (Å²) in [5.74, 6) is 0. The number of anilines is 1. The maximum atomic E-state index is 6.09. The third-order valence-corrected chi connectivity index (χ3v) is 4.78. The Labute approximate surface area is 147 Å². The van der Waals surface area contributed by atoms with Gasteiger partial charge in [0.1, 0.15) is 0 Å². The van der Waals surface area contributed by atoms with Gasteiger partial charge in [0.25, 0.3) is 0 Å². The molecule has 0 radical (unpaired) electrons. The van der Waals surface area contributed by atoms with Crippen LogP contribution in [0, 0.1) is 0 Å². The summed E-state index contributed by atoms with van der Waals surface area (Å²) in [5.41, 5.74) is 1.10. The van der Waals surface area contributed by atoms with Gasteiger partial charge < -0.3 is 19.9 Å². The van der Waals surface area contributed by atoms with E-state index in [1.807, 2.05) is 18.2 Å². The van der Waals surface area contributed by atoms with Gasteiger partial charge >= 0.3 is 0 Å². The number of nitrogens with one attached hydrogen (secondary N) is 1. The highest BCUT2D eigenvalue weighted by Crippen LogP contribution is 2.27. The van der Waals surface area contributed by atoms with Crippen molar-refractivity contribution in [2.75, 3.05) is 51.3 Å². The zero-order chi connectivity index (χ0) is 15.9. The van der Waals surface area contributed by atoms with Crippen molar-refractivity contribution in [1.82, 2.24) is 10.2 Å². The van der Waals surface area contributed by atoms with E-state index in [9.17, 15) is 0 Å². The van der Waals surface area contributed by atoms with Gasteiger partial charge in [-0.15, -0.1) is 0 Å². The van der Waals surface area contributed by atoms with Crippen LogP contribution in [0.5, 0.6) is 0 Å². The summed E-state index contributed by atoms with van der Waals surface area (Å²) >= 11 is 17.5. The van der Waals surface area contributed by atoms with Crippen LogP contribution in [0.4, 0.5) is 5.69 Å². The minimum atomic E-state index is 0.588. The first-order valence-corrected chi connectivity index (χ1v) is 8.50. The van der Waals surface area contributed by atoms with E-state index < -0.39 is 0 Å². The van der Waals surface area contributed by atoms with E-state index in [1.165, 1.54) is 0 Å². The van der Waals surface area contributed by atoms with Gasteiger partial charge in [0, 0.05) is 52.1 Å². The molecule has 0 spiro atoms. The lowest BCUT2D eigenvalue weighted by molar-refractivity contribution is 0.195. The van der Waals surface area contributed by atoms with Crippen LogP contribution in [-0.2, 0) is 4.74 Å². The number of thiocarbonyl (C=S) groups is 1. The maximum Gasteiger partial charge on any atom is 0.169 e. The van der Waals surface area contributed by atoms with Gasteiger partial charge in [-0.1, -0.05) is 23.2 Å². The topological polar surface area (TPSA) is 27.7 Å². The van der Waals surface area contributed by atoms with Gasteiger partial charge in [0.15, 0.2) is 5.11 Å². The molecule has 1 N–H and O–H groups in total. The fraction of sp³-hybridized carbons (Fsp3) is 0.533. The molecule has 122 valence electrons. The molecule has 2 rings (SSSR count). The maximum absolute atomic E-state index is 6.09. The van der Waals surface area contributed by atoms with Gasteiger partial charge in [0.2, 0.25) is 0 Å². The molecule has 1 aliphatic heterocycles. The third kappa shape index (κ3) is 4.88. The minimum Gasteiger partial charge on any atom is -0.385 e. The fourth-order valence-corrected chi connectivity index (χ4v) is 2.95. The zero-order valence-electron chi connectivity index (χ0n) is 12.6. The van der Waals surface area contributed by atoms with Gasteiger partial charge in [-0.05, 0) is 36.8 Å². The number of methoxy groups -OCH3 is 1. The summed E-state index contributed by atoms with van der Waals surface area (Å²) < 4.78 is 5.03. The summed E-state index contributed by atoms with van der Waals surface area (Å²) in [6, 6.07) is 5.76. The predicted molar refractivity (Wildman–Crippen MR) is 97.3 cm³/mol. The Kier molecular flexibility index (Phi) is 7.02. The lowest BCUT2D eigenvalue weighted by atomic mass is 10.2. The molecule has 1 fully saturated rings. The number of hydrogen-bond acceptors (Lipinski definition) is 3. The molecule has 1 aromatic carbocycles. The Morgan fingerprint density at radius 2 is 1.95 bits per heavy atom. The number of halogens is 2. The first kappa shape index (κ1) is 17.6. The van der Waals surface area contributed by atoms with Gasteiger partial charge in [-0.25, -0.2) is 0 Å². The molecule has 1 saturated heterocycles. The second kappa shape index (κ2) is 8.77. The van der Waals surface area contributed by atoms with E-state index in [0.29, 0.717) is 10.0 Å². The molecule has 0 aliphatic carbocycles. The summed E-state index contributed by atoms with van der Waals surface area (Å²) in [4.78, 5) is 4.50. The van der Waals surface area contributed by atoms with Crippen molar-refractivity contribution in [3.63, 3.8) is 0 Å². The Balaban J connectivity index is 1.79. The molecule has 1 aliphatic rings. The van der Waals surface area contributed by atoms with E-state index in [1.54, 1.807) is 7.11 Å². The zero-order valence-corrected chi connectivity index (χ0v) is 15.0. The molecule has 4 nitrogen and oxygen atoms in total. The standard InChI is InChI=1S/C15H21Cl2N3OS/c1-21-10-2-5-18-15(22)20-8-6-19(7-9-20)12-3-4-13(16)14(17)11-12/h3-4,11H,2,5-10H2,1H3,(H,18,22). The molecule has 1 heterocycles. The smallest absolute Gasteiger partial charge is 0.169 e. The number of hydrogen-bond donors (Lipinski definition) is 1. The highest BCUT2D eigenvalue weighted by molar-refractivity contribution is 7.80. The van der Waals surface area contributed by atoms with Crippen LogP contribution >= 0.6 is 35.4 Å². The SMILES string of the molecule is COCCCNC(=S)N1CCN(c2ccc(Cl)c(Cl)c2)CC1. The number of ether oxygens (including phenoxy) is 1. The van der Waals surface area contributed by atoms with E-state index in [0.717, 1.165) is 56.6 Å². The third-order valence-electron chi connectivity index (χ3n) is 3.64. The summed E-state index contributed by atoms with van der Waals surface area (Å²) in [6.07, 6.45) is 0.958. The Bertz CT molecular complexity index is 508. The second-order valence-electron chi connectivity index (χ2n) is 5.15. The Morgan fingerprint density at radius 3 is 2.59 bits per heavy atom. The molecule has 7 heteroatoms. The van der Waals surface area contributed by atoms with Crippen LogP contribution in [0.25, 0.3) is 0 Å². The molecule has 22 heavy (non-hydrogen) atoms. The average Bonchev–Trinajstić information content (AvgIpc) is 2.54. The molecule has 0 atom stereocenters. The van der Waals surface area contributed by atoms with Crippen molar-refractivity contribution >= 4 is 46.2 Å². The van der Waals surface area contributed by atoms with Crippen LogP contribution in [0.15, 0.2) is 18.2 Å². The quantitative estimate of drug-likeness (QED) is 0.642. The molecular weight excluding hydrogens is 341 g/mol. The number of piperazine rings is 1.